The molecule has 44 heavy (non-hydrogen) atoms. The van der Waals surface area contributed by atoms with E-state index >= 15 is 0 Å². The SMILES string of the molecule is CC(=O)OC1C=C(C2OC3OC(=O)C4=CC(OC(C)=O)C5C(C)(C)CCCC5(C)C43O2)C(O)(C=O)C2(C)CCCC(C)(C)C12. The van der Waals surface area contributed by atoms with E-state index < -0.39 is 64.7 Å². The normalized spacial score (nSPS) is 46.6. The van der Waals surface area contributed by atoms with Crippen molar-refractivity contribution in [1.29, 1.82) is 0 Å². The van der Waals surface area contributed by atoms with E-state index in [1.807, 2.05) is 13.8 Å². The molecule has 10 heteroatoms. The summed E-state index contributed by atoms with van der Waals surface area (Å²) in [6.45, 7) is 15.0. The van der Waals surface area contributed by atoms with E-state index in [0.29, 0.717) is 19.1 Å². The molecule has 1 spiro atoms. The molecule has 10 atom stereocenters. The Hall–Kier alpha value is -2.56. The number of fused-ring (bicyclic) bond motifs is 2. The molecule has 0 radical (unpaired) electrons. The number of aldehydes is 1. The zero-order valence-corrected chi connectivity index (χ0v) is 27.1. The molecule has 4 aliphatic carbocycles. The number of aliphatic hydroxyl groups is 1. The number of rotatable bonds is 4. The maximum absolute atomic E-state index is 13.4. The van der Waals surface area contributed by atoms with Gasteiger partial charge in [0.2, 0.25) is 6.29 Å². The minimum atomic E-state index is -2.01. The maximum Gasteiger partial charge on any atom is 0.339 e. The molecular weight excluding hydrogens is 568 g/mol. The van der Waals surface area contributed by atoms with Crippen LogP contribution in [0.4, 0.5) is 0 Å². The average molecular weight is 615 g/mol. The van der Waals surface area contributed by atoms with Crippen molar-refractivity contribution in [2.75, 3.05) is 0 Å². The first-order valence-corrected chi connectivity index (χ1v) is 15.9. The zero-order valence-electron chi connectivity index (χ0n) is 27.1. The number of esters is 3. The highest BCUT2D eigenvalue weighted by Gasteiger charge is 2.77. The van der Waals surface area contributed by atoms with E-state index in [9.17, 15) is 24.3 Å². The van der Waals surface area contributed by atoms with Crippen molar-refractivity contribution in [2.24, 2.45) is 33.5 Å². The summed E-state index contributed by atoms with van der Waals surface area (Å²) < 4.78 is 31.0. The van der Waals surface area contributed by atoms with Gasteiger partial charge in [-0.1, -0.05) is 54.4 Å². The molecule has 10 unspecified atom stereocenters. The predicted molar refractivity (Wildman–Crippen MR) is 155 cm³/mol. The second-order valence-corrected chi connectivity index (χ2v) is 15.8. The van der Waals surface area contributed by atoms with Crippen molar-refractivity contribution >= 4 is 24.2 Å². The minimum Gasteiger partial charge on any atom is -0.458 e. The third kappa shape index (κ3) is 3.95. The fourth-order valence-corrected chi connectivity index (χ4v) is 10.8. The van der Waals surface area contributed by atoms with Gasteiger partial charge in [-0.25, -0.2) is 4.79 Å². The molecule has 10 nitrogen and oxygen atoms in total. The van der Waals surface area contributed by atoms with Gasteiger partial charge in [0.15, 0.2) is 23.8 Å². The predicted octanol–water partition coefficient (Wildman–Crippen LogP) is 4.32. The molecule has 2 heterocycles. The van der Waals surface area contributed by atoms with Gasteiger partial charge in [-0.05, 0) is 48.7 Å². The summed E-state index contributed by atoms with van der Waals surface area (Å²) in [4.78, 5) is 51.1. The Bertz CT molecular complexity index is 1360. The van der Waals surface area contributed by atoms with Crippen LogP contribution in [0, 0.1) is 33.5 Å². The summed E-state index contributed by atoms with van der Waals surface area (Å²) in [5.41, 5.74) is -5.49. The highest BCUT2D eigenvalue weighted by molar-refractivity contribution is 5.95. The molecular formula is C34H46O10. The van der Waals surface area contributed by atoms with Gasteiger partial charge in [-0.15, -0.1) is 0 Å². The van der Waals surface area contributed by atoms with Gasteiger partial charge in [-0.3, -0.25) is 14.4 Å². The van der Waals surface area contributed by atoms with Crippen molar-refractivity contribution in [3.8, 4) is 0 Å². The Kier molecular flexibility index (Phi) is 6.94. The van der Waals surface area contributed by atoms with Crippen molar-refractivity contribution in [1.82, 2.24) is 0 Å². The van der Waals surface area contributed by atoms with Gasteiger partial charge in [0.05, 0.1) is 5.57 Å². The van der Waals surface area contributed by atoms with Crippen molar-refractivity contribution in [2.45, 2.75) is 130 Å². The van der Waals surface area contributed by atoms with E-state index in [4.69, 9.17) is 23.7 Å². The molecule has 0 amide bonds. The minimum absolute atomic E-state index is 0.145. The number of carbonyl (C=O) groups is 4. The van der Waals surface area contributed by atoms with Crippen LogP contribution in [0.1, 0.15) is 93.9 Å². The second kappa shape index (κ2) is 9.72. The monoisotopic (exact) mass is 614 g/mol. The number of ether oxygens (including phenoxy) is 5. The summed E-state index contributed by atoms with van der Waals surface area (Å²) in [7, 11) is 0. The van der Waals surface area contributed by atoms with Gasteiger partial charge in [0.1, 0.15) is 12.2 Å². The van der Waals surface area contributed by atoms with Crippen LogP contribution in [0.15, 0.2) is 23.3 Å². The molecule has 2 aliphatic heterocycles. The van der Waals surface area contributed by atoms with Crippen molar-refractivity contribution < 1.29 is 48.0 Å². The third-order valence-corrected chi connectivity index (χ3v) is 12.3. The number of carbonyl (C=O) groups excluding carboxylic acids is 4. The van der Waals surface area contributed by atoms with Gasteiger partial charge < -0.3 is 28.8 Å². The molecule has 242 valence electrons. The quantitative estimate of drug-likeness (QED) is 0.211. The lowest BCUT2D eigenvalue weighted by molar-refractivity contribution is -0.210. The van der Waals surface area contributed by atoms with E-state index in [-0.39, 0.29) is 33.8 Å². The highest BCUT2D eigenvalue weighted by Crippen LogP contribution is 2.69. The Balaban J connectivity index is 1.51. The van der Waals surface area contributed by atoms with Crippen molar-refractivity contribution in [3.05, 3.63) is 23.3 Å². The Labute approximate surface area is 258 Å². The zero-order chi connectivity index (χ0) is 32.3. The second-order valence-electron chi connectivity index (χ2n) is 15.8. The lowest BCUT2D eigenvalue weighted by Gasteiger charge is -2.61. The molecule has 1 N–H and O–H groups in total. The molecule has 6 aliphatic rings. The largest absolute Gasteiger partial charge is 0.458 e. The summed E-state index contributed by atoms with van der Waals surface area (Å²) in [6, 6.07) is 0. The molecule has 0 aromatic heterocycles. The molecule has 4 fully saturated rings. The molecule has 2 saturated carbocycles. The summed E-state index contributed by atoms with van der Waals surface area (Å²) in [5, 5.41) is 12.5. The van der Waals surface area contributed by atoms with Gasteiger partial charge in [0, 0.05) is 42.1 Å². The average Bonchev–Trinajstić information content (AvgIpc) is 3.38. The lowest BCUT2D eigenvalue weighted by atomic mass is 9.46. The molecule has 6 rings (SSSR count). The van der Waals surface area contributed by atoms with Crippen LogP contribution in [0.3, 0.4) is 0 Å². The maximum atomic E-state index is 13.4. The van der Waals surface area contributed by atoms with E-state index in [1.54, 1.807) is 12.2 Å². The van der Waals surface area contributed by atoms with Crippen molar-refractivity contribution in [3.63, 3.8) is 0 Å². The van der Waals surface area contributed by atoms with Crippen LogP contribution in [0.2, 0.25) is 0 Å². The molecule has 0 aromatic carbocycles. The topological polar surface area (TPSA) is 135 Å². The first-order valence-electron chi connectivity index (χ1n) is 15.9. The smallest absolute Gasteiger partial charge is 0.339 e. The fraction of sp³-hybridized carbons (Fsp3) is 0.765. The molecule has 2 saturated heterocycles. The lowest BCUT2D eigenvalue weighted by Crippen LogP contribution is -2.66. The summed E-state index contributed by atoms with van der Waals surface area (Å²) in [5.74, 6) is -2.16. The van der Waals surface area contributed by atoms with Gasteiger partial charge >= 0.3 is 17.9 Å². The third-order valence-electron chi connectivity index (χ3n) is 12.3. The van der Waals surface area contributed by atoms with Crippen LogP contribution < -0.4 is 0 Å². The van der Waals surface area contributed by atoms with E-state index in [1.165, 1.54) is 13.8 Å². The van der Waals surface area contributed by atoms with Crippen LogP contribution in [-0.2, 0) is 42.9 Å². The van der Waals surface area contributed by atoms with Crippen LogP contribution in [0.5, 0.6) is 0 Å². The Morgan fingerprint density at radius 3 is 1.93 bits per heavy atom. The first kappa shape index (κ1) is 31.4. The van der Waals surface area contributed by atoms with E-state index in [2.05, 4.69) is 27.7 Å². The number of hydrogen-bond acceptors (Lipinski definition) is 10. The van der Waals surface area contributed by atoms with Gasteiger partial charge in [0.25, 0.3) is 0 Å². The van der Waals surface area contributed by atoms with Gasteiger partial charge in [-0.2, -0.15) is 0 Å². The van der Waals surface area contributed by atoms with Crippen LogP contribution in [-0.4, -0.2) is 65.3 Å². The highest BCUT2D eigenvalue weighted by atomic mass is 16.8. The fourth-order valence-electron chi connectivity index (χ4n) is 10.8. The summed E-state index contributed by atoms with van der Waals surface area (Å²) >= 11 is 0. The first-order chi connectivity index (χ1) is 20.4. The van der Waals surface area contributed by atoms with Crippen LogP contribution in [0.25, 0.3) is 0 Å². The number of hydrogen-bond donors (Lipinski definition) is 1. The van der Waals surface area contributed by atoms with E-state index in [0.717, 1.165) is 25.7 Å². The Morgan fingerprint density at radius 1 is 0.864 bits per heavy atom. The van der Waals surface area contributed by atoms with Crippen LogP contribution >= 0.6 is 0 Å². The molecule has 0 aromatic rings. The summed E-state index contributed by atoms with van der Waals surface area (Å²) in [6.07, 6.45) is 4.45. The standard InChI is InChI=1S/C34H46O10/c1-18(36)40-22-15-20-26(38)42-28-34(20,32(8)14-10-12-30(5,6)25(22)32)44-27(43-28)21-16-23(41-19(2)37)24-29(3,4)11-9-13-31(24,7)33(21,39)17-35/h15-17,22-25,27-28,39H,9-14H2,1-8H3. The Morgan fingerprint density at radius 2 is 1.39 bits per heavy atom. The molecule has 0 bridgehead atoms.